The van der Waals surface area contributed by atoms with Crippen molar-refractivity contribution in [2.24, 2.45) is 11.7 Å². The molecule has 3 atom stereocenters. The van der Waals surface area contributed by atoms with Gasteiger partial charge in [0.25, 0.3) is 0 Å². The molecule has 3 rings (SSSR count). The normalized spacial score (nSPS) is 23.1. The summed E-state index contributed by atoms with van der Waals surface area (Å²) in [7, 11) is 0. The summed E-state index contributed by atoms with van der Waals surface area (Å²) in [6.07, 6.45) is 2.24. The molecule has 98 valence electrons. The van der Waals surface area contributed by atoms with Crippen LogP contribution in [0, 0.1) is 12.8 Å². The third-order valence-electron chi connectivity index (χ3n) is 4.17. The van der Waals surface area contributed by atoms with Crippen LogP contribution in [-0.2, 0) is 6.42 Å². The Kier molecular flexibility index (Phi) is 3.39. The third-order valence-corrected chi connectivity index (χ3v) is 4.17. The van der Waals surface area contributed by atoms with Gasteiger partial charge in [-0.2, -0.15) is 0 Å². The van der Waals surface area contributed by atoms with Gasteiger partial charge in [-0.05, 0) is 42.7 Å². The Morgan fingerprint density at radius 2 is 1.89 bits per heavy atom. The topological polar surface area (TPSA) is 26.0 Å². The average molecular weight is 251 g/mol. The van der Waals surface area contributed by atoms with Crippen LogP contribution < -0.4 is 5.73 Å². The quantitative estimate of drug-likeness (QED) is 0.881. The summed E-state index contributed by atoms with van der Waals surface area (Å²) < 4.78 is 0. The van der Waals surface area contributed by atoms with E-state index in [9.17, 15) is 0 Å². The zero-order chi connectivity index (χ0) is 13.2. The van der Waals surface area contributed by atoms with E-state index >= 15 is 0 Å². The number of aryl methyl sites for hydroxylation is 1. The third kappa shape index (κ3) is 2.87. The second kappa shape index (κ2) is 5.18. The van der Waals surface area contributed by atoms with Gasteiger partial charge < -0.3 is 5.73 Å². The molecule has 1 saturated carbocycles. The Bertz CT molecular complexity index is 547. The first kappa shape index (κ1) is 12.4. The van der Waals surface area contributed by atoms with E-state index in [0.29, 0.717) is 11.8 Å². The van der Waals surface area contributed by atoms with E-state index in [2.05, 4.69) is 61.5 Å². The molecule has 0 radical (unpaired) electrons. The summed E-state index contributed by atoms with van der Waals surface area (Å²) in [4.78, 5) is 0. The van der Waals surface area contributed by atoms with Gasteiger partial charge in [-0.25, -0.2) is 0 Å². The summed E-state index contributed by atoms with van der Waals surface area (Å²) in [5.41, 5.74) is 10.5. The number of benzene rings is 2. The van der Waals surface area contributed by atoms with Gasteiger partial charge in [-0.15, -0.1) is 0 Å². The lowest BCUT2D eigenvalue weighted by Crippen LogP contribution is -2.26. The van der Waals surface area contributed by atoms with Gasteiger partial charge in [0.1, 0.15) is 0 Å². The summed E-state index contributed by atoms with van der Waals surface area (Å²) >= 11 is 0. The van der Waals surface area contributed by atoms with Crippen LogP contribution in [0.5, 0.6) is 0 Å². The van der Waals surface area contributed by atoms with Crippen LogP contribution >= 0.6 is 0 Å². The van der Waals surface area contributed by atoms with E-state index in [4.69, 9.17) is 5.73 Å². The molecule has 2 aromatic carbocycles. The molecule has 2 N–H and O–H groups in total. The van der Waals surface area contributed by atoms with E-state index in [-0.39, 0.29) is 6.04 Å². The van der Waals surface area contributed by atoms with Gasteiger partial charge in [-0.1, -0.05) is 60.2 Å². The van der Waals surface area contributed by atoms with Crippen molar-refractivity contribution in [3.05, 3.63) is 71.3 Å². The molecule has 0 bridgehead atoms. The van der Waals surface area contributed by atoms with Crippen molar-refractivity contribution >= 4 is 0 Å². The molecule has 1 aliphatic carbocycles. The van der Waals surface area contributed by atoms with Crippen molar-refractivity contribution < 1.29 is 0 Å². The number of rotatable bonds is 4. The summed E-state index contributed by atoms with van der Waals surface area (Å²) in [6, 6.07) is 19.8. The first-order chi connectivity index (χ1) is 9.24. The fourth-order valence-corrected chi connectivity index (χ4v) is 3.03. The van der Waals surface area contributed by atoms with Gasteiger partial charge in [0.05, 0.1) is 0 Å². The summed E-state index contributed by atoms with van der Waals surface area (Å²) in [5, 5.41) is 0. The molecule has 3 unspecified atom stereocenters. The summed E-state index contributed by atoms with van der Waals surface area (Å²) in [6.45, 7) is 2.14. The fraction of sp³-hybridized carbons (Fsp3) is 0.333. The lowest BCUT2D eigenvalue weighted by atomic mass is 9.99. The highest BCUT2D eigenvalue weighted by Gasteiger charge is 2.42. The standard InChI is InChI=1S/C18H21N/c1-13-6-5-7-14(10-13)11-18(19)17-12-16(17)15-8-3-2-4-9-15/h2-10,16-18H,11-12,19H2,1H3. The van der Waals surface area contributed by atoms with Gasteiger partial charge in [-0.3, -0.25) is 0 Å². The highest BCUT2D eigenvalue weighted by molar-refractivity contribution is 5.28. The maximum Gasteiger partial charge on any atom is 0.0114 e. The van der Waals surface area contributed by atoms with E-state index in [1.54, 1.807) is 0 Å². The molecule has 0 aromatic heterocycles. The van der Waals surface area contributed by atoms with Crippen molar-refractivity contribution in [1.29, 1.82) is 0 Å². The molecular formula is C18H21N. The van der Waals surface area contributed by atoms with Crippen molar-refractivity contribution in [3.8, 4) is 0 Å². The van der Waals surface area contributed by atoms with E-state index < -0.39 is 0 Å². The minimum atomic E-state index is 0.284. The van der Waals surface area contributed by atoms with Crippen LogP contribution in [0.15, 0.2) is 54.6 Å². The molecular weight excluding hydrogens is 230 g/mol. The molecule has 2 aromatic rings. The average Bonchev–Trinajstić information content (AvgIpc) is 3.20. The van der Waals surface area contributed by atoms with Crippen LogP contribution in [0.1, 0.15) is 29.0 Å². The van der Waals surface area contributed by atoms with Crippen molar-refractivity contribution in [3.63, 3.8) is 0 Å². The van der Waals surface area contributed by atoms with Crippen LogP contribution in [0.2, 0.25) is 0 Å². The van der Waals surface area contributed by atoms with Crippen molar-refractivity contribution in [2.45, 2.75) is 31.7 Å². The second-order valence-corrected chi connectivity index (χ2v) is 5.77. The van der Waals surface area contributed by atoms with Gasteiger partial charge in [0.2, 0.25) is 0 Å². The molecule has 1 aliphatic rings. The highest BCUT2D eigenvalue weighted by atomic mass is 14.7. The Morgan fingerprint density at radius 1 is 1.11 bits per heavy atom. The largest absolute Gasteiger partial charge is 0.327 e. The number of nitrogens with two attached hydrogens (primary N) is 1. The smallest absolute Gasteiger partial charge is 0.0114 e. The predicted molar refractivity (Wildman–Crippen MR) is 80.1 cm³/mol. The molecule has 1 nitrogen and oxygen atoms in total. The Morgan fingerprint density at radius 3 is 2.63 bits per heavy atom. The molecule has 0 aliphatic heterocycles. The summed E-state index contributed by atoms with van der Waals surface area (Å²) in [5.74, 6) is 1.34. The van der Waals surface area contributed by atoms with Crippen LogP contribution in [-0.4, -0.2) is 6.04 Å². The van der Waals surface area contributed by atoms with Gasteiger partial charge in [0, 0.05) is 6.04 Å². The van der Waals surface area contributed by atoms with E-state index in [1.165, 1.54) is 23.1 Å². The number of hydrogen-bond donors (Lipinski definition) is 1. The first-order valence-electron chi connectivity index (χ1n) is 7.10. The Balaban J connectivity index is 1.63. The Hall–Kier alpha value is -1.60. The minimum Gasteiger partial charge on any atom is -0.327 e. The monoisotopic (exact) mass is 251 g/mol. The molecule has 0 saturated heterocycles. The highest BCUT2D eigenvalue weighted by Crippen LogP contribution is 2.49. The Labute approximate surface area is 115 Å². The lowest BCUT2D eigenvalue weighted by molar-refractivity contribution is 0.577. The van der Waals surface area contributed by atoms with E-state index in [1.807, 2.05) is 0 Å². The molecule has 19 heavy (non-hydrogen) atoms. The minimum absolute atomic E-state index is 0.284. The molecule has 0 heterocycles. The number of hydrogen-bond acceptors (Lipinski definition) is 1. The maximum atomic E-state index is 6.39. The fourth-order valence-electron chi connectivity index (χ4n) is 3.03. The lowest BCUT2D eigenvalue weighted by Gasteiger charge is -2.12. The SMILES string of the molecule is Cc1cccc(CC(N)C2CC2c2ccccc2)c1. The van der Waals surface area contributed by atoms with Gasteiger partial charge in [0.15, 0.2) is 0 Å². The van der Waals surface area contributed by atoms with Crippen LogP contribution in [0.4, 0.5) is 0 Å². The second-order valence-electron chi connectivity index (χ2n) is 5.77. The van der Waals surface area contributed by atoms with Crippen LogP contribution in [0.25, 0.3) is 0 Å². The predicted octanol–water partition coefficient (Wildman–Crippen LogP) is 3.67. The molecule has 1 fully saturated rings. The zero-order valence-electron chi connectivity index (χ0n) is 11.4. The van der Waals surface area contributed by atoms with Crippen molar-refractivity contribution in [1.82, 2.24) is 0 Å². The van der Waals surface area contributed by atoms with E-state index in [0.717, 1.165) is 6.42 Å². The van der Waals surface area contributed by atoms with Crippen molar-refractivity contribution in [2.75, 3.05) is 0 Å². The van der Waals surface area contributed by atoms with Crippen LogP contribution in [0.3, 0.4) is 0 Å². The maximum absolute atomic E-state index is 6.39. The first-order valence-corrected chi connectivity index (χ1v) is 7.10. The zero-order valence-corrected chi connectivity index (χ0v) is 11.4. The molecule has 1 heteroatoms. The van der Waals surface area contributed by atoms with Gasteiger partial charge >= 0.3 is 0 Å². The molecule has 0 spiro atoms. The molecule has 0 amide bonds.